The van der Waals surface area contributed by atoms with Gasteiger partial charge < -0.3 is 23.7 Å². The van der Waals surface area contributed by atoms with Gasteiger partial charge >= 0.3 is 16.4 Å². The molecule has 17 heavy (non-hydrogen) atoms. The third kappa shape index (κ3) is 2.95. The van der Waals surface area contributed by atoms with Crippen LogP contribution >= 0.6 is 24.4 Å². The first kappa shape index (κ1) is 12.3. The first-order valence-corrected chi connectivity index (χ1v) is 5.72. The van der Waals surface area contributed by atoms with Crippen LogP contribution in [0.1, 0.15) is 6.92 Å². The maximum Gasteiger partial charge on any atom is 0.352 e. The number of thiocarbonyl (C=S) groups is 2. The first-order valence-electron chi connectivity index (χ1n) is 4.90. The second-order valence-corrected chi connectivity index (χ2v) is 4.18. The van der Waals surface area contributed by atoms with Gasteiger partial charge in [-0.3, -0.25) is 4.79 Å². The van der Waals surface area contributed by atoms with Crippen molar-refractivity contribution in [3.05, 3.63) is 0 Å². The number of esters is 1. The average Bonchev–Trinajstić information content (AvgIpc) is 2.84. The molecule has 2 heterocycles. The van der Waals surface area contributed by atoms with Crippen LogP contribution in [-0.4, -0.2) is 48.0 Å². The summed E-state index contributed by atoms with van der Waals surface area (Å²) in [6.45, 7) is 1.72. The van der Waals surface area contributed by atoms with Gasteiger partial charge in [0.25, 0.3) is 0 Å². The quantitative estimate of drug-likeness (QED) is 0.540. The van der Waals surface area contributed by atoms with Crippen LogP contribution in [0, 0.1) is 0 Å². The van der Waals surface area contributed by atoms with Gasteiger partial charge in [-0.2, -0.15) is 0 Å². The molecule has 0 aromatic carbocycles. The van der Waals surface area contributed by atoms with Crippen molar-refractivity contribution in [1.29, 1.82) is 0 Å². The zero-order valence-electron chi connectivity index (χ0n) is 8.91. The predicted molar refractivity (Wildman–Crippen MR) is 62.4 cm³/mol. The van der Waals surface area contributed by atoms with E-state index in [0.29, 0.717) is 0 Å². The number of rotatable bonds is 3. The molecule has 0 unspecified atom stereocenters. The Morgan fingerprint density at radius 2 is 1.71 bits per heavy atom. The van der Waals surface area contributed by atoms with E-state index in [0.717, 1.165) is 0 Å². The minimum Gasteiger partial charge on any atom is -0.454 e. The van der Waals surface area contributed by atoms with Gasteiger partial charge in [-0.1, -0.05) is 0 Å². The van der Waals surface area contributed by atoms with Gasteiger partial charge in [0.05, 0.1) is 0 Å². The number of carbonyl (C=O) groups excluding carboxylic acids is 1. The average molecular weight is 278 g/mol. The van der Waals surface area contributed by atoms with E-state index in [1.54, 1.807) is 0 Å². The second-order valence-electron chi connectivity index (χ2n) is 3.51. The van der Waals surface area contributed by atoms with Crippen molar-refractivity contribution in [1.82, 2.24) is 0 Å². The maximum atomic E-state index is 11.0. The summed E-state index contributed by atoms with van der Waals surface area (Å²) in [6.07, 6.45) is -1.66. The number of carbonyl (C=O) groups is 1. The molecule has 0 aromatic heterocycles. The summed E-state index contributed by atoms with van der Waals surface area (Å²) in [5.41, 5.74) is 0. The Labute approximate surface area is 108 Å². The van der Waals surface area contributed by atoms with E-state index in [2.05, 4.69) is 0 Å². The molecule has 2 aliphatic rings. The topological polar surface area (TPSA) is 63.2 Å². The van der Waals surface area contributed by atoms with Crippen LogP contribution in [0.4, 0.5) is 0 Å². The molecule has 0 radical (unpaired) electrons. The minimum atomic E-state index is -0.659. The predicted octanol–water partition coefficient (Wildman–Crippen LogP) is 0.319. The number of hydrogen-bond donors (Lipinski definition) is 0. The molecule has 0 saturated carbocycles. The summed E-state index contributed by atoms with van der Waals surface area (Å²) >= 11 is 9.49. The van der Waals surface area contributed by atoms with Crippen molar-refractivity contribution in [2.24, 2.45) is 0 Å². The fourth-order valence-corrected chi connectivity index (χ4v) is 1.97. The highest BCUT2D eigenvalue weighted by atomic mass is 32.1. The van der Waals surface area contributed by atoms with Crippen molar-refractivity contribution in [2.75, 3.05) is 13.2 Å². The van der Waals surface area contributed by atoms with E-state index in [-0.39, 0.29) is 23.7 Å². The molecule has 0 spiro atoms. The molecular formula is C9H10O6S2. The van der Waals surface area contributed by atoms with Gasteiger partial charge in [-0.25, -0.2) is 0 Å². The van der Waals surface area contributed by atoms with Gasteiger partial charge in [0.15, 0.2) is 18.3 Å². The lowest BCUT2D eigenvalue weighted by Gasteiger charge is -2.23. The van der Waals surface area contributed by atoms with E-state index >= 15 is 0 Å². The molecule has 2 atom stereocenters. The molecule has 2 aliphatic heterocycles. The molecule has 0 bridgehead atoms. The molecule has 0 aromatic rings. The Kier molecular flexibility index (Phi) is 3.63. The molecular weight excluding hydrogens is 268 g/mol. The van der Waals surface area contributed by atoms with Gasteiger partial charge in [-0.05, 0) is 0 Å². The molecule has 0 amide bonds. The fraction of sp³-hybridized carbons (Fsp3) is 0.667. The lowest BCUT2D eigenvalue weighted by molar-refractivity contribution is -0.157. The highest BCUT2D eigenvalue weighted by Crippen LogP contribution is 2.22. The monoisotopic (exact) mass is 278 g/mol. The first-order chi connectivity index (χ1) is 8.06. The van der Waals surface area contributed by atoms with E-state index in [1.807, 2.05) is 0 Å². The Hall–Kier alpha value is -1.15. The fourth-order valence-electron chi connectivity index (χ4n) is 1.59. The number of hydrogen-bond acceptors (Lipinski definition) is 8. The minimum absolute atomic E-state index is 0.0358. The molecule has 0 N–H and O–H groups in total. The maximum absolute atomic E-state index is 11.0. The van der Waals surface area contributed by atoms with E-state index in [1.165, 1.54) is 6.92 Å². The Morgan fingerprint density at radius 3 is 2.00 bits per heavy atom. The molecule has 2 fully saturated rings. The van der Waals surface area contributed by atoms with E-state index in [4.69, 9.17) is 48.1 Å². The highest BCUT2D eigenvalue weighted by molar-refractivity contribution is 7.80. The summed E-state index contributed by atoms with van der Waals surface area (Å²) in [5.74, 6) is -0.446. The normalized spacial score (nSPS) is 27.2. The van der Waals surface area contributed by atoms with Crippen LogP contribution in [-0.2, 0) is 28.5 Å². The molecule has 2 rings (SSSR count). The SMILES string of the molecule is CC(=O)OC([C@H]1COC(=S)O1)[C@H]1COC(=S)O1. The highest BCUT2D eigenvalue weighted by Gasteiger charge is 2.43. The van der Waals surface area contributed by atoms with Crippen LogP contribution in [0.5, 0.6) is 0 Å². The van der Waals surface area contributed by atoms with Crippen LogP contribution in [0.25, 0.3) is 0 Å². The van der Waals surface area contributed by atoms with Crippen LogP contribution in [0.2, 0.25) is 0 Å². The lowest BCUT2D eigenvalue weighted by atomic mass is 10.1. The van der Waals surface area contributed by atoms with Gasteiger partial charge in [0.1, 0.15) is 13.2 Å². The summed E-state index contributed by atoms with van der Waals surface area (Å²) in [7, 11) is 0. The smallest absolute Gasteiger partial charge is 0.352 e. The van der Waals surface area contributed by atoms with E-state index in [9.17, 15) is 4.79 Å². The standard InChI is InChI=1S/C9H10O6S2/c1-4(10)13-7(5-2-11-8(16)14-5)6-3-12-9(17)15-6/h5-7H,2-3H2,1H3/t5-,6-/m1/s1. The Balaban J connectivity index is 2.04. The Morgan fingerprint density at radius 1 is 1.24 bits per heavy atom. The van der Waals surface area contributed by atoms with Gasteiger partial charge in [0, 0.05) is 31.4 Å². The number of ether oxygens (including phenoxy) is 5. The third-order valence-electron chi connectivity index (χ3n) is 2.26. The second kappa shape index (κ2) is 5.01. The van der Waals surface area contributed by atoms with Gasteiger partial charge in [-0.15, -0.1) is 0 Å². The molecule has 94 valence electrons. The van der Waals surface area contributed by atoms with Crippen molar-refractivity contribution in [3.8, 4) is 0 Å². The summed E-state index contributed by atoms with van der Waals surface area (Å²) < 4.78 is 25.6. The van der Waals surface area contributed by atoms with Crippen LogP contribution in [0.15, 0.2) is 0 Å². The molecule has 6 nitrogen and oxygen atoms in total. The summed E-state index contributed by atoms with van der Waals surface area (Å²) in [4.78, 5) is 11.0. The third-order valence-corrected chi connectivity index (χ3v) is 2.69. The zero-order chi connectivity index (χ0) is 12.4. The van der Waals surface area contributed by atoms with Gasteiger partial charge in [0.2, 0.25) is 0 Å². The van der Waals surface area contributed by atoms with Crippen molar-refractivity contribution < 1.29 is 28.5 Å². The molecule has 8 heteroatoms. The van der Waals surface area contributed by atoms with Crippen molar-refractivity contribution in [2.45, 2.75) is 25.2 Å². The van der Waals surface area contributed by atoms with Crippen LogP contribution in [0.3, 0.4) is 0 Å². The largest absolute Gasteiger partial charge is 0.454 e. The molecule has 2 saturated heterocycles. The molecule has 0 aliphatic carbocycles. The van der Waals surface area contributed by atoms with E-state index < -0.39 is 24.3 Å². The van der Waals surface area contributed by atoms with Crippen molar-refractivity contribution >= 4 is 40.9 Å². The van der Waals surface area contributed by atoms with Crippen LogP contribution < -0.4 is 0 Å². The zero-order valence-corrected chi connectivity index (χ0v) is 10.5. The summed E-state index contributed by atoms with van der Waals surface area (Å²) in [6, 6.07) is 0. The lowest BCUT2D eigenvalue weighted by Crippen LogP contribution is -2.43. The Bertz CT molecular complexity index is 331. The van der Waals surface area contributed by atoms with Crippen molar-refractivity contribution in [3.63, 3.8) is 0 Å². The summed E-state index contributed by atoms with van der Waals surface area (Å²) in [5, 5.41) is 0.0716.